The van der Waals surface area contributed by atoms with E-state index in [1.54, 1.807) is 17.8 Å². The molecule has 0 aromatic carbocycles. The molecular formula is C17H27N3O4S. The van der Waals surface area contributed by atoms with Crippen LogP contribution in [0.5, 0.6) is 0 Å². The molecule has 0 unspecified atom stereocenters. The van der Waals surface area contributed by atoms with Gasteiger partial charge in [-0.3, -0.25) is 4.79 Å². The van der Waals surface area contributed by atoms with Crippen LogP contribution < -0.4 is 0 Å². The van der Waals surface area contributed by atoms with Crippen LogP contribution in [0.15, 0.2) is 17.2 Å². The van der Waals surface area contributed by atoms with E-state index in [1.165, 1.54) is 16.8 Å². The summed E-state index contributed by atoms with van der Waals surface area (Å²) in [7, 11) is -1.85. The molecule has 0 N–H and O–H groups in total. The van der Waals surface area contributed by atoms with Gasteiger partial charge in [0.1, 0.15) is 10.6 Å². The summed E-state index contributed by atoms with van der Waals surface area (Å²) in [6.45, 7) is 3.02. The van der Waals surface area contributed by atoms with Crippen LogP contribution >= 0.6 is 0 Å². The van der Waals surface area contributed by atoms with Crippen molar-refractivity contribution >= 4 is 15.9 Å². The average Bonchev–Trinajstić information content (AvgIpc) is 2.97. The van der Waals surface area contributed by atoms with Crippen molar-refractivity contribution < 1.29 is 17.9 Å². The van der Waals surface area contributed by atoms with Gasteiger partial charge in [-0.25, -0.2) is 8.42 Å². The average molecular weight is 369 g/mol. The first-order chi connectivity index (χ1) is 12.0. The molecule has 2 saturated heterocycles. The number of carbonyl (C=O) groups excluding carboxylic acids is 1. The summed E-state index contributed by atoms with van der Waals surface area (Å²) >= 11 is 0. The van der Waals surface area contributed by atoms with Crippen LogP contribution in [-0.2, 0) is 21.8 Å². The Morgan fingerprint density at radius 1 is 1.00 bits per heavy atom. The van der Waals surface area contributed by atoms with Crippen LogP contribution in [0, 0.1) is 0 Å². The maximum atomic E-state index is 12.9. The second-order valence-corrected chi connectivity index (χ2v) is 8.69. The molecule has 2 fully saturated rings. The molecule has 0 aliphatic carbocycles. The molecule has 0 saturated carbocycles. The van der Waals surface area contributed by atoms with Gasteiger partial charge >= 0.3 is 0 Å². The number of morpholine rings is 1. The van der Waals surface area contributed by atoms with Crippen molar-refractivity contribution in [3.8, 4) is 0 Å². The highest BCUT2D eigenvalue weighted by Gasteiger charge is 2.29. The quantitative estimate of drug-likeness (QED) is 0.808. The van der Waals surface area contributed by atoms with Gasteiger partial charge in [-0.05, 0) is 18.9 Å². The van der Waals surface area contributed by atoms with Gasteiger partial charge in [0.2, 0.25) is 10.0 Å². The van der Waals surface area contributed by atoms with E-state index in [0.29, 0.717) is 32.0 Å². The first kappa shape index (κ1) is 18.4. The molecule has 0 atom stereocenters. The Hall–Kier alpha value is -1.38. The van der Waals surface area contributed by atoms with Gasteiger partial charge in [0.15, 0.2) is 0 Å². The molecule has 7 nitrogen and oxygen atoms in total. The predicted molar refractivity (Wildman–Crippen MR) is 94.0 cm³/mol. The number of aryl methyl sites for hydroxylation is 1. The zero-order valence-corrected chi connectivity index (χ0v) is 15.6. The summed E-state index contributed by atoms with van der Waals surface area (Å²) in [6, 6.07) is 1.52. The Kier molecular flexibility index (Phi) is 5.81. The molecule has 2 aliphatic rings. The van der Waals surface area contributed by atoms with Crippen LogP contribution in [0.2, 0.25) is 0 Å². The van der Waals surface area contributed by atoms with E-state index in [-0.39, 0.29) is 10.8 Å². The maximum absolute atomic E-state index is 12.9. The predicted octanol–water partition coefficient (Wildman–Crippen LogP) is 1.45. The molecule has 1 amide bonds. The number of ether oxygens (including phenoxy) is 1. The van der Waals surface area contributed by atoms with Crippen molar-refractivity contribution in [2.24, 2.45) is 7.05 Å². The minimum absolute atomic E-state index is 0.0761. The molecule has 2 aliphatic heterocycles. The maximum Gasteiger partial charge on any atom is 0.270 e. The summed E-state index contributed by atoms with van der Waals surface area (Å²) in [4.78, 5) is 14.9. The Morgan fingerprint density at radius 3 is 2.24 bits per heavy atom. The highest BCUT2D eigenvalue weighted by Crippen LogP contribution is 2.21. The van der Waals surface area contributed by atoms with Gasteiger partial charge < -0.3 is 14.2 Å². The van der Waals surface area contributed by atoms with E-state index >= 15 is 0 Å². The lowest BCUT2D eigenvalue weighted by atomic mass is 10.1. The van der Waals surface area contributed by atoms with Gasteiger partial charge in [-0.15, -0.1) is 0 Å². The third kappa shape index (κ3) is 4.07. The number of hydrogen-bond donors (Lipinski definition) is 0. The van der Waals surface area contributed by atoms with Gasteiger partial charge in [0.05, 0.1) is 13.2 Å². The normalized spacial score (nSPS) is 20.9. The fourth-order valence-corrected chi connectivity index (χ4v) is 4.92. The summed E-state index contributed by atoms with van der Waals surface area (Å²) in [5.74, 6) is -0.0761. The Balaban J connectivity index is 1.80. The molecule has 25 heavy (non-hydrogen) atoms. The fourth-order valence-electron chi connectivity index (χ4n) is 3.44. The molecule has 0 radical (unpaired) electrons. The Bertz CT molecular complexity index is 699. The van der Waals surface area contributed by atoms with Crippen LogP contribution in [0.3, 0.4) is 0 Å². The summed E-state index contributed by atoms with van der Waals surface area (Å²) in [5.41, 5.74) is 0.437. The number of carbonyl (C=O) groups is 1. The summed E-state index contributed by atoms with van der Waals surface area (Å²) in [6.07, 6.45) is 7.08. The van der Waals surface area contributed by atoms with Gasteiger partial charge in [0.25, 0.3) is 5.91 Å². The van der Waals surface area contributed by atoms with E-state index in [4.69, 9.17) is 4.74 Å². The summed E-state index contributed by atoms with van der Waals surface area (Å²) < 4.78 is 33.9. The molecule has 0 spiro atoms. The number of hydrogen-bond acceptors (Lipinski definition) is 4. The zero-order chi connectivity index (χ0) is 17.9. The minimum atomic E-state index is -3.58. The highest BCUT2D eigenvalue weighted by molar-refractivity contribution is 7.89. The molecule has 3 rings (SSSR count). The largest absolute Gasteiger partial charge is 0.379 e. The molecule has 1 aromatic heterocycles. The third-order valence-corrected chi connectivity index (χ3v) is 6.81. The molecule has 8 heteroatoms. The van der Waals surface area contributed by atoms with Crippen molar-refractivity contribution in [3.05, 3.63) is 18.0 Å². The van der Waals surface area contributed by atoms with Crippen LogP contribution in [0.25, 0.3) is 0 Å². The van der Waals surface area contributed by atoms with Crippen LogP contribution in [0.1, 0.15) is 42.6 Å². The van der Waals surface area contributed by atoms with E-state index in [1.807, 2.05) is 4.90 Å². The number of rotatable bonds is 3. The second-order valence-electron chi connectivity index (χ2n) is 6.75. The number of aromatic nitrogens is 1. The standard InChI is InChI=1S/C17H27N3O4S/c1-18-14-15(25(22,23)20-9-11-24-12-10-20)13-16(18)17(21)19-7-5-3-2-4-6-8-19/h13-14H,2-12H2,1H3. The highest BCUT2D eigenvalue weighted by atomic mass is 32.2. The Labute approximate surface area is 149 Å². The lowest BCUT2D eigenvalue weighted by Gasteiger charge is -2.25. The number of nitrogens with zero attached hydrogens (tertiary/aromatic N) is 3. The van der Waals surface area contributed by atoms with Crippen LogP contribution in [-0.4, -0.2) is 67.5 Å². The number of amides is 1. The van der Waals surface area contributed by atoms with Gasteiger partial charge in [-0.2, -0.15) is 4.31 Å². The Morgan fingerprint density at radius 2 is 1.60 bits per heavy atom. The lowest BCUT2D eigenvalue weighted by Crippen LogP contribution is -2.40. The van der Waals surface area contributed by atoms with E-state index in [2.05, 4.69) is 0 Å². The molecule has 1 aromatic rings. The van der Waals surface area contributed by atoms with Gasteiger partial charge in [0, 0.05) is 39.4 Å². The fraction of sp³-hybridized carbons (Fsp3) is 0.706. The van der Waals surface area contributed by atoms with E-state index in [0.717, 1.165) is 38.8 Å². The molecular weight excluding hydrogens is 342 g/mol. The van der Waals surface area contributed by atoms with Crippen molar-refractivity contribution in [2.45, 2.75) is 37.0 Å². The van der Waals surface area contributed by atoms with Crippen molar-refractivity contribution in [2.75, 3.05) is 39.4 Å². The minimum Gasteiger partial charge on any atom is -0.379 e. The monoisotopic (exact) mass is 369 g/mol. The second kappa shape index (κ2) is 7.88. The number of likely N-dealkylation sites (tertiary alicyclic amines) is 1. The van der Waals surface area contributed by atoms with Crippen LogP contribution in [0.4, 0.5) is 0 Å². The molecule has 140 valence electrons. The van der Waals surface area contributed by atoms with E-state index in [9.17, 15) is 13.2 Å². The van der Waals surface area contributed by atoms with Crippen molar-refractivity contribution in [1.29, 1.82) is 0 Å². The smallest absolute Gasteiger partial charge is 0.270 e. The first-order valence-corrected chi connectivity index (χ1v) is 10.5. The van der Waals surface area contributed by atoms with Crippen molar-refractivity contribution in [3.63, 3.8) is 0 Å². The lowest BCUT2D eigenvalue weighted by molar-refractivity contribution is 0.0728. The first-order valence-electron chi connectivity index (χ1n) is 9.04. The third-order valence-electron chi connectivity index (χ3n) is 4.95. The molecule has 0 bridgehead atoms. The zero-order valence-electron chi connectivity index (χ0n) is 14.8. The number of sulfonamides is 1. The molecule has 3 heterocycles. The van der Waals surface area contributed by atoms with Gasteiger partial charge in [-0.1, -0.05) is 19.3 Å². The van der Waals surface area contributed by atoms with E-state index < -0.39 is 10.0 Å². The summed E-state index contributed by atoms with van der Waals surface area (Å²) in [5, 5.41) is 0. The SMILES string of the molecule is Cn1cc(S(=O)(=O)N2CCOCC2)cc1C(=O)N1CCCCCCC1. The van der Waals surface area contributed by atoms with Crippen molar-refractivity contribution in [1.82, 2.24) is 13.8 Å². The topological polar surface area (TPSA) is 71.9 Å².